The number of hydrogen-bond acceptors (Lipinski definition) is 2. The highest BCUT2D eigenvalue weighted by Gasteiger charge is 2.24. The molecule has 0 radical (unpaired) electrons. The summed E-state index contributed by atoms with van der Waals surface area (Å²) in [5.41, 5.74) is 12.3. The zero-order chi connectivity index (χ0) is 30.9. The van der Waals surface area contributed by atoms with E-state index in [0.717, 1.165) is 28.7 Å². The summed E-state index contributed by atoms with van der Waals surface area (Å²) in [6, 6.07) is 31.6. The van der Waals surface area contributed by atoms with Crippen LogP contribution in [0, 0.1) is 5.41 Å². The summed E-state index contributed by atoms with van der Waals surface area (Å²) in [7, 11) is 0. The van der Waals surface area contributed by atoms with E-state index < -0.39 is 5.79 Å². The lowest BCUT2D eigenvalue weighted by Gasteiger charge is -2.28. The maximum atomic E-state index is 9.84. The van der Waals surface area contributed by atoms with Crippen molar-refractivity contribution in [2.45, 2.75) is 72.5 Å². The molecule has 0 atom stereocenters. The van der Waals surface area contributed by atoms with Crippen molar-refractivity contribution in [1.29, 1.82) is 0 Å². The van der Waals surface area contributed by atoms with E-state index in [0.29, 0.717) is 12.0 Å². The summed E-state index contributed by atoms with van der Waals surface area (Å²) >= 11 is 0. The van der Waals surface area contributed by atoms with Crippen LogP contribution in [0.4, 0.5) is 0 Å². The minimum atomic E-state index is -1.85. The molecule has 0 aromatic heterocycles. The van der Waals surface area contributed by atoms with Crippen LogP contribution in [-0.4, -0.2) is 10.2 Å². The molecule has 0 fully saturated rings. The lowest BCUT2D eigenvalue weighted by Crippen LogP contribution is -2.19. The summed E-state index contributed by atoms with van der Waals surface area (Å²) in [4.78, 5) is 0. The lowest BCUT2D eigenvalue weighted by atomic mass is 9.77. The molecule has 0 unspecified atom stereocenters. The maximum Gasteiger partial charge on any atom is 0.186 e. The van der Waals surface area contributed by atoms with Crippen LogP contribution in [0.1, 0.15) is 82.7 Å². The minimum absolute atomic E-state index is 0.0122. The molecule has 0 amide bonds. The van der Waals surface area contributed by atoms with Gasteiger partial charge in [-0.15, -0.1) is 0 Å². The summed E-state index contributed by atoms with van der Waals surface area (Å²) < 4.78 is 0. The third-order valence-corrected chi connectivity index (χ3v) is 7.78. The van der Waals surface area contributed by atoms with Gasteiger partial charge in [-0.2, -0.15) is 0 Å². The molecule has 2 nitrogen and oxygen atoms in total. The average molecular weight is 559 g/mol. The van der Waals surface area contributed by atoms with Crippen molar-refractivity contribution in [3.05, 3.63) is 132 Å². The zero-order valence-electron chi connectivity index (χ0n) is 26.4. The molecule has 0 aliphatic rings. The van der Waals surface area contributed by atoms with Gasteiger partial charge in [0.15, 0.2) is 5.79 Å². The van der Waals surface area contributed by atoms with Crippen LogP contribution in [0.5, 0.6) is 0 Å². The molecule has 4 aromatic rings. The van der Waals surface area contributed by atoms with Gasteiger partial charge >= 0.3 is 0 Å². The van der Waals surface area contributed by atoms with Gasteiger partial charge in [-0.25, -0.2) is 0 Å². The van der Waals surface area contributed by atoms with Gasteiger partial charge in [-0.1, -0.05) is 146 Å². The van der Waals surface area contributed by atoms with E-state index in [1.165, 1.54) is 40.3 Å². The van der Waals surface area contributed by atoms with Gasteiger partial charge in [0.25, 0.3) is 0 Å². The summed E-state index contributed by atoms with van der Waals surface area (Å²) in [5, 5.41) is 19.7. The average Bonchev–Trinajstić information content (AvgIpc) is 2.92. The molecule has 2 N–H and O–H groups in total. The molecule has 218 valence electrons. The Kier molecular flexibility index (Phi) is 8.83. The summed E-state index contributed by atoms with van der Waals surface area (Å²) in [6.07, 6.45) is 1.59. The van der Waals surface area contributed by atoms with E-state index in [4.69, 9.17) is 0 Å². The Morgan fingerprint density at radius 2 is 1.05 bits per heavy atom. The van der Waals surface area contributed by atoms with Crippen molar-refractivity contribution in [3.63, 3.8) is 0 Å². The Balaban J connectivity index is 1.69. The monoisotopic (exact) mass is 558 g/mol. The minimum Gasteiger partial charge on any atom is -0.362 e. The van der Waals surface area contributed by atoms with Crippen LogP contribution in [0.25, 0.3) is 33.4 Å². The highest BCUT2D eigenvalue weighted by atomic mass is 16.5. The number of allylic oxidation sites excluding steroid dienone is 2. The number of benzene rings is 4. The lowest BCUT2D eigenvalue weighted by molar-refractivity contribution is -0.152. The zero-order valence-corrected chi connectivity index (χ0v) is 26.4. The van der Waals surface area contributed by atoms with Crippen molar-refractivity contribution >= 4 is 11.1 Å². The van der Waals surface area contributed by atoms with E-state index in [9.17, 15) is 10.2 Å². The summed E-state index contributed by atoms with van der Waals surface area (Å²) in [5.74, 6) is -1.85. The van der Waals surface area contributed by atoms with Gasteiger partial charge in [0.2, 0.25) is 0 Å². The van der Waals surface area contributed by atoms with Gasteiger partial charge in [-0.3, -0.25) is 0 Å². The van der Waals surface area contributed by atoms with E-state index in [2.05, 4.69) is 121 Å². The maximum absolute atomic E-state index is 9.84. The van der Waals surface area contributed by atoms with Crippen LogP contribution in [0.2, 0.25) is 0 Å². The molecule has 4 aromatic carbocycles. The second-order valence-electron chi connectivity index (χ2n) is 14.0. The molecule has 0 saturated carbocycles. The Hall–Kier alpha value is -3.72. The van der Waals surface area contributed by atoms with Crippen LogP contribution >= 0.6 is 0 Å². The fraction of sp³-hybridized carbons (Fsp3) is 0.300. The molecule has 0 heterocycles. The molecule has 0 aliphatic carbocycles. The third-order valence-electron chi connectivity index (χ3n) is 7.78. The predicted molar refractivity (Wildman–Crippen MR) is 180 cm³/mol. The highest BCUT2D eigenvalue weighted by molar-refractivity contribution is 5.82. The Morgan fingerprint density at radius 1 is 0.595 bits per heavy atom. The molecular weight excluding hydrogens is 512 g/mol. The fourth-order valence-corrected chi connectivity index (χ4v) is 5.33. The second-order valence-corrected chi connectivity index (χ2v) is 14.0. The highest BCUT2D eigenvalue weighted by Crippen LogP contribution is 2.41. The van der Waals surface area contributed by atoms with Gasteiger partial charge in [0.1, 0.15) is 0 Å². The first kappa shape index (κ1) is 31.2. The molecule has 4 rings (SSSR count). The quantitative estimate of drug-likeness (QED) is 0.211. The largest absolute Gasteiger partial charge is 0.362 e. The second kappa shape index (κ2) is 11.9. The fourth-order valence-electron chi connectivity index (χ4n) is 5.33. The van der Waals surface area contributed by atoms with E-state index in [-0.39, 0.29) is 10.8 Å². The number of rotatable bonds is 8. The van der Waals surface area contributed by atoms with Gasteiger partial charge < -0.3 is 10.2 Å². The smallest absolute Gasteiger partial charge is 0.186 e. The van der Waals surface area contributed by atoms with Crippen molar-refractivity contribution in [3.8, 4) is 22.3 Å². The number of aliphatic hydroxyl groups is 2. The van der Waals surface area contributed by atoms with Crippen molar-refractivity contribution in [2.75, 3.05) is 0 Å². The van der Waals surface area contributed by atoms with Crippen molar-refractivity contribution in [2.24, 2.45) is 5.41 Å². The molecule has 42 heavy (non-hydrogen) atoms. The van der Waals surface area contributed by atoms with Crippen molar-refractivity contribution in [1.82, 2.24) is 0 Å². The normalized spacial score (nSPS) is 12.3. The standard InChI is InChI=1S/C40H46O2/c1-27(23-28(2)30-19-21-33(22-20-30)40(9,41)42)29-15-17-32(18-16-29)36-25-34(39(6,7)8)24-35(31-13-11-10-12-14-31)37(36)26-38(3,4)5/h10-22,24-25,41-42H,1-2,23,26H2,3-9H3. The SMILES string of the molecule is C=C(CC(=C)c1ccc(C(C)(O)O)cc1)c1ccc(-c2cc(C(C)(C)C)cc(-c3ccccc3)c2CC(C)(C)C)cc1. The van der Waals surface area contributed by atoms with Gasteiger partial charge in [0, 0.05) is 5.56 Å². The third kappa shape index (κ3) is 7.56. The van der Waals surface area contributed by atoms with Crippen LogP contribution < -0.4 is 0 Å². The Morgan fingerprint density at radius 3 is 1.48 bits per heavy atom. The molecule has 0 spiro atoms. The Bertz CT molecular complexity index is 1550. The predicted octanol–water partition coefficient (Wildman–Crippen LogP) is 10.2. The van der Waals surface area contributed by atoms with Gasteiger partial charge in [-0.05, 0) is 86.2 Å². The van der Waals surface area contributed by atoms with Crippen LogP contribution in [0.15, 0.2) is 104 Å². The summed E-state index contributed by atoms with van der Waals surface area (Å²) in [6.45, 7) is 23.8. The number of hydrogen-bond donors (Lipinski definition) is 2. The molecule has 0 bridgehead atoms. The van der Waals surface area contributed by atoms with E-state index in [1.807, 2.05) is 12.1 Å². The Labute approximate surface area is 253 Å². The van der Waals surface area contributed by atoms with Gasteiger partial charge in [0.05, 0.1) is 0 Å². The van der Waals surface area contributed by atoms with Crippen molar-refractivity contribution < 1.29 is 10.2 Å². The van der Waals surface area contributed by atoms with E-state index in [1.54, 1.807) is 12.1 Å². The molecule has 0 aliphatic heterocycles. The first-order valence-electron chi connectivity index (χ1n) is 14.8. The van der Waals surface area contributed by atoms with E-state index >= 15 is 0 Å². The first-order valence-corrected chi connectivity index (χ1v) is 14.8. The van der Waals surface area contributed by atoms with Crippen LogP contribution in [-0.2, 0) is 17.6 Å². The molecule has 2 heteroatoms. The molecule has 0 saturated heterocycles. The first-order chi connectivity index (χ1) is 19.5. The topological polar surface area (TPSA) is 40.5 Å². The van der Waals surface area contributed by atoms with Crippen LogP contribution in [0.3, 0.4) is 0 Å². The molecular formula is C40H46O2.